The molecule has 16 heavy (non-hydrogen) atoms. The van der Waals surface area contributed by atoms with Crippen LogP contribution in [0.15, 0.2) is 0 Å². The van der Waals surface area contributed by atoms with Crippen LogP contribution in [0, 0.1) is 5.92 Å². The highest BCUT2D eigenvalue weighted by molar-refractivity contribution is 9.09. The molecule has 0 aromatic rings. The molecule has 1 rings (SSSR count). The van der Waals surface area contributed by atoms with Gasteiger partial charge < -0.3 is 9.64 Å². The summed E-state index contributed by atoms with van der Waals surface area (Å²) in [5.74, 6) is 0.543. The number of likely N-dealkylation sites (tertiary alicyclic amines) is 1. The number of nitrogens with zero attached hydrogens (tertiary/aromatic N) is 1. The summed E-state index contributed by atoms with van der Waals surface area (Å²) < 4.78 is 5.38. The van der Waals surface area contributed by atoms with Gasteiger partial charge in [0, 0.05) is 17.9 Å². The second-order valence-corrected chi connectivity index (χ2v) is 6.95. The van der Waals surface area contributed by atoms with Crippen LogP contribution in [0.2, 0.25) is 0 Å². The van der Waals surface area contributed by atoms with Gasteiger partial charge in [-0.05, 0) is 39.5 Å². The number of carbonyl (C=O) groups excluding carboxylic acids is 1. The second-order valence-electron chi connectivity index (χ2n) is 5.51. The van der Waals surface area contributed by atoms with Crippen molar-refractivity contribution in [3.05, 3.63) is 0 Å². The van der Waals surface area contributed by atoms with E-state index in [-0.39, 0.29) is 6.09 Å². The van der Waals surface area contributed by atoms with Crippen molar-refractivity contribution in [2.24, 2.45) is 5.92 Å². The van der Waals surface area contributed by atoms with Crippen molar-refractivity contribution < 1.29 is 9.53 Å². The molecule has 0 radical (unpaired) electrons. The highest BCUT2D eigenvalue weighted by Crippen LogP contribution is 2.25. The third-order valence-corrected chi connectivity index (χ3v) is 3.51. The predicted molar refractivity (Wildman–Crippen MR) is 68.9 cm³/mol. The lowest BCUT2D eigenvalue weighted by Crippen LogP contribution is -2.44. The summed E-state index contributed by atoms with van der Waals surface area (Å²) in [6, 6.07) is 0. The van der Waals surface area contributed by atoms with Gasteiger partial charge >= 0.3 is 6.09 Å². The van der Waals surface area contributed by atoms with Crippen LogP contribution in [0.3, 0.4) is 0 Å². The van der Waals surface area contributed by atoms with Crippen molar-refractivity contribution in [3.63, 3.8) is 0 Å². The van der Waals surface area contributed by atoms with E-state index in [1.54, 1.807) is 0 Å². The van der Waals surface area contributed by atoms with Crippen molar-refractivity contribution in [1.29, 1.82) is 0 Å². The first-order chi connectivity index (χ1) is 7.29. The van der Waals surface area contributed by atoms with Crippen LogP contribution in [-0.4, -0.2) is 34.5 Å². The number of halogens is 1. The summed E-state index contributed by atoms with van der Waals surface area (Å²) in [7, 11) is 0. The van der Waals surface area contributed by atoms with Crippen molar-refractivity contribution in [2.75, 3.05) is 13.1 Å². The summed E-state index contributed by atoms with van der Waals surface area (Å²) in [6.07, 6.45) is 2.08. The maximum Gasteiger partial charge on any atom is 0.410 e. The quantitative estimate of drug-likeness (QED) is 0.693. The number of hydrogen-bond donors (Lipinski definition) is 0. The molecule has 0 aromatic carbocycles. The number of rotatable bonds is 1. The number of ether oxygens (including phenoxy) is 1. The van der Waals surface area contributed by atoms with Crippen LogP contribution in [0.1, 0.15) is 40.5 Å². The summed E-state index contributed by atoms with van der Waals surface area (Å²) in [4.78, 5) is 14.2. The van der Waals surface area contributed by atoms with Crippen LogP contribution in [0.25, 0.3) is 0 Å². The third-order valence-electron chi connectivity index (χ3n) is 2.76. The van der Waals surface area contributed by atoms with E-state index in [0.717, 1.165) is 19.5 Å². The Balaban J connectivity index is 2.50. The molecule has 1 heterocycles. The highest BCUT2D eigenvalue weighted by atomic mass is 79.9. The summed E-state index contributed by atoms with van der Waals surface area (Å²) in [5.41, 5.74) is -0.399. The summed E-state index contributed by atoms with van der Waals surface area (Å²) in [5, 5.41) is 0. The van der Waals surface area contributed by atoms with E-state index in [4.69, 9.17) is 4.74 Å². The van der Waals surface area contributed by atoms with E-state index < -0.39 is 5.60 Å². The van der Waals surface area contributed by atoms with Gasteiger partial charge in [0.2, 0.25) is 0 Å². The molecule has 0 N–H and O–H groups in total. The van der Waals surface area contributed by atoms with Gasteiger partial charge in [0.15, 0.2) is 0 Å². The molecule has 1 saturated heterocycles. The van der Waals surface area contributed by atoms with E-state index in [0.29, 0.717) is 10.7 Å². The van der Waals surface area contributed by atoms with Crippen molar-refractivity contribution >= 4 is 22.0 Å². The molecule has 0 unspecified atom stereocenters. The minimum atomic E-state index is -0.399. The van der Waals surface area contributed by atoms with E-state index in [1.165, 1.54) is 6.42 Å². The van der Waals surface area contributed by atoms with Gasteiger partial charge in [0.1, 0.15) is 5.60 Å². The molecule has 0 bridgehead atoms. The molecule has 4 heteroatoms. The maximum absolute atomic E-state index is 11.9. The number of amides is 1. The van der Waals surface area contributed by atoms with Gasteiger partial charge in [-0.2, -0.15) is 0 Å². The molecule has 0 aromatic heterocycles. The van der Waals surface area contributed by atoms with Crippen molar-refractivity contribution in [1.82, 2.24) is 4.90 Å². The highest BCUT2D eigenvalue weighted by Gasteiger charge is 2.29. The van der Waals surface area contributed by atoms with Crippen LogP contribution in [0.5, 0.6) is 0 Å². The zero-order valence-corrected chi connectivity index (χ0v) is 12.2. The molecule has 2 atom stereocenters. The fourth-order valence-electron chi connectivity index (χ4n) is 1.88. The largest absolute Gasteiger partial charge is 0.444 e. The Hall–Kier alpha value is -0.250. The molecule has 1 aliphatic heterocycles. The molecule has 94 valence electrons. The fraction of sp³-hybridized carbons (Fsp3) is 0.917. The van der Waals surface area contributed by atoms with E-state index in [2.05, 4.69) is 22.9 Å². The number of hydrogen-bond acceptors (Lipinski definition) is 2. The molecule has 0 spiro atoms. The van der Waals surface area contributed by atoms with Gasteiger partial charge in [0.25, 0.3) is 0 Å². The summed E-state index contributed by atoms with van der Waals surface area (Å²) in [6.45, 7) is 9.48. The predicted octanol–water partition coefficient (Wildman–Crippen LogP) is 3.42. The zero-order valence-electron chi connectivity index (χ0n) is 10.6. The van der Waals surface area contributed by atoms with Crippen molar-refractivity contribution in [2.45, 2.75) is 51.0 Å². The van der Waals surface area contributed by atoms with Crippen LogP contribution < -0.4 is 0 Å². The normalized spacial score (nSPS) is 24.1. The fourth-order valence-corrected chi connectivity index (χ4v) is 2.31. The Morgan fingerprint density at radius 1 is 1.50 bits per heavy atom. The minimum Gasteiger partial charge on any atom is -0.444 e. The molecule has 3 nitrogen and oxygen atoms in total. The molecule has 1 aliphatic rings. The lowest BCUT2D eigenvalue weighted by molar-refractivity contribution is 0.0168. The Bertz CT molecular complexity index is 248. The average molecular weight is 292 g/mol. The molecular formula is C12H22BrNO2. The van der Waals surface area contributed by atoms with E-state index in [9.17, 15) is 4.79 Å². The number of carbonyl (C=O) groups is 1. The Morgan fingerprint density at radius 3 is 2.62 bits per heavy atom. The van der Waals surface area contributed by atoms with Crippen LogP contribution >= 0.6 is 15.9 Å². The summed E-state index contributed by atoms with van der Waals surface area (Å²) >= 11 is 3.60. The zero-order chi connectivity index (χ0) is 12.3. The van der Waals surface area contributed by atoms with Crippen LogP contribution in [-0.2, 0) is 4.74 Å². The third kappa shape index (κ3) is 4.32. The van der Waals surface area contributed by atoms with Crippen molar-refractivity contribution in [3.8, 4) is 0 Å². The van der Waals surface area contributed by atoms with Crippen LogP contribution in [0.4, 0.5) is 4.79 Å². The molecular weight excluding hydrogens is 270 g/mol. The molecule has 0 saturated carbocycles. The van der Waals surface area contributed by atoms with Gasteiger partial charge in [0.05, 0.1) is 0 Å². The molecule has 1 fully saturated rings. The van der Waals surface area contributed by atoms with Gasteiger partial charge in [-0.1, -0.05) is 22.9 Å². The topological polar surface area (TPSA) is 29.5 Å². The smallest absolute Gasteiger partial charge is 0.410 e. The Kier molecular flexibility index (Phi) is 4.65. The first-order valence-electron chi connectivity index (χ1n) is 5.91. The van der Waals surface area contributed by atoms with E-state index in [1.807, 2.05) is 25.7 Å². The van der Waals surface area contributed by atoms with E-state index >= 15 is 0 Å². The second kappa shape index (κ2) is 5.39. The molecule has 0 aliphatic carbocycles. The maximum atomic E-state index is 11.9. The van der Waals surface area contributed by atoms with Gasteiger partial charge in [-0.15, -0.1) is 0 Å². The minimum absolute atomic E-state index is 0.176. The number of piperidine rings is 1. The first kappa shape index (κ1) is 13.8. The number of alkyl halides is 1. The Labute approximate surface area is 107 Å². The van der Waals surface area contributed by atoms with Gasteiger partial charge in [-0.25, -0.2) is 4.79 Å². The SMILES string of the molecule is C[C@@H](Br)[C@H]1CCCN(C(=O)OC(C)(C)C)C1. The Morgan fingerprint density at radius 2 is 2.12 bits per heavy atom. The monoisotopic (exact) mass is 291 g/mol. The van der Waals surface area contributed by atoms with Gasteiger partial charge in [-0.3, -0.25) is 0 Å². The lowest BCUT2D eigenvalue weighted by Gasteiger charge is -2.35. The lowest BCUT2D eigenvalue weighted by atomic mass is 9.96. The average Bonchev–Trinajstić information content (AvgIpc) is 2.15. The first-order valence-corrected chi connectivity index (χ1v) is 6.83. The molecule has 1 amide bonds. The standard InChI is InChI=1S/C12H22BrNO2/c1-9(13)10-6-5-7-14(8-10)11(15)16-12(2,3)4/h9-10H,5-8H2,1-4H3/t9-,10+/m1/s1.